The second-order valence-electron chi connectivity index (χ2n) is 4.02. The van der Waals surface area contributed by atoms with Crippen LogP contribution in [-0.2, 0) is 0 Å². The van der Waals surface area contributed by atoms with Gasteiger partial charge in [0.1, 0.15) is 0 Å². The van der Waals surface area contributed by atoms with E-state index in [1.807, 2.05) is 14.1 Å². The summed E-state index contributed by atoms with van der Waals surface area (Å²) in [5.41, 5.74) is -0.373. The maximum absolute atomic E-state index is 10.0. The number of hydrogen-bond donors (Lipinski definition) is 1. The SMILES string of the molecule is CN(C)CC1(O)CCCCC1.Cl. The van der Waals surface area contributed by atoms with Gasteiger partial charge in [-0.05, 0) is 26.9 Å². The van der Waals surface area contributed by atoms with E-state index >= 15 is 0 Å². The molecule has 0 radical (unpaired) electrons. The van der Waals surface area contributed by atoms with Crippen molar-refractivity contribution in [3.8, 4) is 0 Å². The molecule has 1 saturated carbocycles. The smallest absolute Gasteiger partial charge is 0.0773 e. The molecule has 0 heterocycles. The second-order valence-corrected chi connectivity index (χ2v) is 4.02. The first-order valence-electron chi connectivity index (χ1n) is 4.49. The third-order valence-corrected chi connectivity index (χ3v) is 2.39. The first-order chi connectivity index (χ1) is 5.12. The normalized spacial score (nSPS) is 22.0. The van der Waals surface area contributed by atoms with Gasteiger partial charge in [0.15, 0.2) is 0 Å². The first-order valence-corrected chi connectivity index (χ1v) is 4.49. The average molecular weight is 194 g/mol. The van der Waals surface area contributed by atoms with Crippen LogP contribution in [0.1, 0.15) is 32.1 Å². The number of rotatable bonds is 2. The van der Waals surface area contributed by atoms with Crippen molar-refractivity contribution in [2.75, 3.05) is 20.6 Å². The van der Waals surface area contributed by atoms with Crippen molar-refractivity contribution in [3.63, 3.8) is 0 Å². The summed E-state index contributed by atoms with van der Waals surface area (Å²) >= 11 is 0. The van der Waals surface area contributed by atoms with Gasteiger partial charge in [0.2, 0.25) is 0 Å². The quantitative estimate of drug-likeness (QED) is 0.721. The van der Waals surface area contributed by atoms with Gasteiger partial charge in [-0.3, -0.25) is 0 Å². The van der Waals surface area contributed by atoms with E-state index in [0.29, 0.717) is 0 Å². The van der Waals surface area contributed by atoms with Crippen LogP contribution >= 0.6 is 12.4 Å². The van der Waals surface area contributed by atoms with E-state index < -0.39 is 0 Å². The van der Waals surface area contributed by atoms with E-state index in [0.717, 1.165) is 19.4 Å². The number of hydrogen-bond acceptors (Lipinski definition) is 2. The Balaban J connectivity index is 0.00000121. The molecule has 1 N–H and O–H groups in total. The van der Waals surface area contributed by atoms with E-state index in [9.17, 15) is 5.11 Å². The highest BCUT2D eigenvalue weighted by Crippen LogP contribution is 2.28. The second kappa shape index (κ2) is 5.05. The summed E-state index contributed by atoms with van der Waals surface area (Å²) in [6, 6.07) is 0. The van der Waals surface area contributed by atoms with Crippen LogP contribution in [0, 0.1) is 0 Å². The average Bonchev–Trinajstić information content (AvgIpc) is 1.85. The zero-order chi connectivity index (χ0) is 8.32. The molecule has 1 fully saturated rings. The van der Waals surface area contributed by atoms with Crippen molar-refractivity contribution in [2.45, 2.75) is 37.7 Å². The Hall–Kier alpha value is 0.210. The van der Waals surface area contributed by atoms with E-state index in [1.165, 1.54) is 19.3 Å². The third-order valence-electron chi connectivity index (χ3n) is 2.39. The molecule has 0 unspecified atom stereocenters. The number of nitrogens with zero attached hydrogens (tertiary/aromatic N) is 1. The summed E-state index contributed by atoms with van der Waals surface area (Å²) in [6.07, 6.45) is 5.68. The highest BCUT2D eigenvalue weighted by Gasteiger charge is 2.29. The van der Waals surface area contributed by atoms with Crippen LogP contribution in [0.2, 0.25) is 0 Å². The molecule has 1 aliphatic carbocycles. The maximum atomic E-state index is 10.0. The van der Waals surface area contributed by atoms with Crippen molar-refractivity contribution in [3.05, 3.63) is 0 Å². The van der Waals surface area contributed by atoms with Crippen LogP contribution in [0.25, 0.3) is 0 Å². The summed E-state index contributed by atoms with van der Waals surface area (Å²) in [6.45, 7) is 0.826. The molecule has 0 aromatic rings. The number of halogens is 1. The van der Waals surface area contributed by atoms with Crippen molar-refractivity contribution >= 4 is 12.4 Å². The minimum Gasteiger partial charge on any atom is -0.389 e. The fourth-order valence-corrected chi connectivity index (χ4v) is 1.96. The lowest BCUT2D eigenvalue weighted by molar-refractivity contribution is -0.0160. The topological polar surface area (TPSA) is 23.5 Å². The fraction of sp³-hybridized carbons (Fsp3) is 1.00. The molecule has 1 aliphatic rings. The minimum atomic E-state index is -0.373. The van der Waals surface area contributed by atoms with Gasteiger partial charge in [0.25, 0.3) is 0 Å². The first kappa shape index (κ1) is 12.2. The molecular formula is C9H20ClNO. The summed E-state index contributed by atoms with van der Waals surface area (Å²) in [5.74, 6) is 0. The monoisotopic (exact) mass is 193 g/mol. The highest BCUT2D eigenvalue weighted by molar-refractivity contribution is 5.85. The molecule has 0 aliphatic heterocycles. The summed E-state index contributed by atoms with van der Waals surface area (Å²) in [4.78, 5) is 2.07. The summed E-state index contributed by atoms with van der Waals surface area (Å²) in [5, 5.41) is 10.0. The zero-order valence-electron chi connectivity index (χ0n) is 8.05. The molecule has 3 heteroatoms. The Morgan fingerprint density at radius 1 is 1.17 bits per heavy atom. The van der Waals surface area contributed by atoms with Crippen LogP contribution in [-0.4, -0.2) is 36.2 Å². The van der Waals surface area contributed by atoms with E-state index in [2.05, 4.69) is 4.90 Å². The summed E-state index contributed by atoms with van der Waals surface area (Å²) < 4.78 is 0. The lowest BCUT2D eigenvalue weighted by Gasteiger charge is -2.34. The van der Waals surface area contributed by atoms with E-state index in [-0.39, 0.29) is 18.0 Å². The van der Waals surface area contributed by atoms with Crippen LogP contribution in [0.15, 0.2) is 0 Å². The molecule has 1 rings (SSSR count). The Labute approximate surface area is 81.4 Å². The van der Waals surface area contributed by atoms with Crippen LogP contribution in [0.3, 0.4) is 0 Å². The Morgan fingerprint density at radius 3 is 2.08 bits per heavy atom. The molecule has 2 nitrogen and oxygen atoms in total. The number of likely N-dealkylation sites (N-methyl/N-ethyl adjacent to an activating group) is 1. The van der Waals surface area contributed by atoms with Crippen molar-refractivity contribution in [1.82, 2.24) is 4.90 Å². The third kappa shape index (κ3) is 3.74. The standard InChI is InChI=1S/C9H19NO.ClH/c1-10(2)8-9(11)6-4-3-5-7-9;/h11H,3-8H2,1-2H3;1H. The van der Waals surface area contributed by atoms with Gasteiger partial charge in [-0.15, -0.1) is 12.4 Å². The largest absolute Gasteiger partial charge is 0.389 e. The van der Waals surface area contributed by atoms with Crippen molar-refractivity contribution < 1.29 is 5.11 Å². The van der Waals surface area contributed by atoms with Crippen molar-refractivity contribution in [2.24, 2.45) is 0 Å². The maximum Gasteiger partial charge on any atom is 0.0773 e. The molecule has 0 aromatic carbocycles. The molecule has 0 bridgehead atoms. The van der Waals surface area contributed by atoms with Crippen LogP contribution in [0.4, 0.5) is 0 Å². The minimum absolute atomic E-state index is 0. The predicted molar refractivity (Wildman–Crippen MR) is 53.8 cm³/mol. The van der Waals surface area contributed by atoms with Gasteiger partial charge in [0.05, 0.1) is 5.60 Å². The van der Waals surface area contributed by atoms with Crippen LogP contribution < -0.4 is 0 Å². The predicted octanol–water partition coefficient (Wildman–Crippen LogP) is 1.66. The van der Waals surface area contributed by atoms with E-state index in [1.54, 1.807) is 0 Å². The molecule has 0 saturated heterocycles. The molecule has 0 spiro atoms. The lowest BCUT2D eigenvalue weighted by atomic mass is 9.85. The molecule has 0 atom stereocenters. The summed E-state index contributed by atoms with van der Waals surface area (Å²) in [7, 11) is 4.04. The van der Waals surface area contributed by atoms with Gasteiger partial charge in [0, 0.05) is 6.54 Å². The zero-order valence-corrected chi connectivity index (χ0v) is 8.86. The molecule has 0 aromatic heterocycles. The van der Waals surface area contributed by atoms with Gasteiger partial charge >= 0.3 is 0 Å². The Bertz CT molecular complexity index is 122. The van der Waals surface area contributed by atoms with Crippen molar-refractivity contribution in [1.29, 1.82) is 0 Å². The Morgan fingerprint density at radius 2 is 1.67 bits per heavy atom. The molecular weight excluding hydrogens is 174 g/mol. The van der Waals surface area contributed by atoms with Gasteiger partial charge in [-0.2, -0.15) is 0 Å². The fourth-order valence-electron chi connectivity index (χ4n) is 1.96. The van der Waals surface area contributed by atoms with Gasteiger partial charge < -0.3 is 10.0 Å². The van der Waals surface area contributed by atoms with Gasteiger partial charge in [-0.1, -0.05) is 19.3 Å². The van der Waals surface area contributed by atoms with E-state index in [4.69, 9.17) is 0 Å². The number of aliphatic hydroxyl groups is 1. The lowest BCUT2D eigenvalue weighted by Crippen LogP contribution is -2.41. The molecule has 0 amide bonds. The molecule has 12 heavy (non-hydrogen) atoms. The highest BCUT2D eigenvalue weighted by atomic mass is 35.5. The Kier molecular flexibility index (Phi) is 5.14. The van der Waals surface area contributed by atoms with Crippen LogP contribution in [0.5, 0.6) is 0 Å². The molecule has 74 valence electrons. The van der Waals surface area contributed by atoms with Gasteiger partial charge in [-0.25, -0.2) is 0 Å².